The summed E-state index contributed by atoms with van der Waals surface area (Å²) in [6, 6.07) is 7.42. The molecule has 0 N–H and O–H groups in total. The quantitative estimate of drug-likeness (QED) is 0.813. The summed E-state index contributed by atoms with van der Waals surface area (Å²) >= 11 is 9.44. The van der Waals surface area contributed by atoms with Crippen LogP contribution in [0.4, 0.5) is 0 Å². The van der Waals surface area contributed by atoms with Crippen molar-refractivity contribution < 1.29 is 4.79 Å². The van der Waals surface area contributed by atoms with Crippen LogP contribution in [0.3, 0.4) is 0 Å². The molecule has 0 saturated heterocycles. The molecule has 0 unspecified atom stereocenters. The predicted octanol–water partition coefficient (Wildman–Crippen LogP) is 3.98. The van der Waals surface area contributed by atoms with Gasteiger partial charge in [0.2, 0.25) is 0 Å². The van der Waals surface area contributed by atoms with E-state index in [0.29, 0.717) is 17.9 Å². The molecule has 2 rings (SSSR count). The van der Waals surface area contributed by atoms with Crippen molar-refractivity contribution >= 4 is 33.3 Å². The van der Waals surface area contributed by atoms with Crippen LogP contribution in [-0.2, 0) is 24.2 Å². The van der Waals surface area contributed by atoms with Crippen LogP contribution in [0.1, 0.15) is 23.9 Å². The molecule has 5 heteroatoms. The SMILES string of the molecule is CCn1nc(C)c(Br)c1CC(=O)Cc1cccc(Cl)c1. The third-order valence-electron chi connectivity index (χ3n) is 3.11. The van der Waals surface area contributed by atoms with Gasteiger partial charge in [-0.15, -0.1) is 0 Å². The van der Waals surface area contributed by atoms with E-state index in [1.54, 1.807) is 0 Å². The molecule has 0 spiro atoms. The normalized spacial score (nSPS) is 10.8. The summed E-state index contributed by atoms with van der Waals surface area (Å²) in [5.74, 6) is 0.155. The number of benzene rings is 1. The lowest BCUT2D eigenvalue weighted by molar-refractivity contribution is -0.117. The third kappa shape index (κ3) is 3.49. The van der Waals surface area contributed by atoms with Crippen LogP contribution in [0, 0.1) is 6.92 Å². The van der Waals surface area contributed by atoms with E-state index in [1.165, 1.54) is 0 Å². The third-order valence-corrected chi connectivity index (χ3v) is 4.37. The highest BCUT2D eigenvalue weighted by Gasteiger charge is 2.15. The van der Waals surface area contributed by atoms with Gasteiger partial charge in [0.25, 0.3) is 0 Å². The van der Waals surface area contributed by atoms with E-state index in [4.69, 9.17) is 11.6 Å². The van der Waals surface area contributed by atoms with Gasteiger partial charge < -0.3 is 0 Å². The van der Waals surface area contributed by atoms with E-state index in [1.807, 2.05) is 42.8 Å². The second kappa shape index (κ2) is 6.55. The van der Waals surface area contributed by atoms with Crippen LogP contribution in [-0.4, -0.2) is 15.6 Å². The molecule has 0 atom stereocenters. The van der Waals surface area contributed by atoms with E-state index in [-0.39, 0.29) is 5.78 Å². The molecule has 0 aliphatic carbocycles. The highest BCUT2D eigenvalue weighted by Crippen LogP contribution is 2.22. The summed E-state index contributed by atoms with van der Waals surface area (Å²) in [7, 11) is 0. The van der Waals surface area contributed by atoms with Crippen molar-refractivity contribution in [3.05, 3.63) is 50.7 Å². The standard InChI is InChI=1S/C15H16BrClN2O/c1-3-19-14(15(16)10(2)18-19)9-13(20)8-11-5-4-6-12(17)7-11/h4-7H,3,8-9H2,1-2H3. The molecule has 106 valence electrons. The summed E-state index contributed by atoms with van der Waals surface area (Å²) in [5.41, 5.74) is 2.80. The highest BCUT2D eigenvalue weighted by molar-refractivity contribution is 9.10. The second-order valence-corrected chi connectivity index (χ2v) is 5.91. The maximum absolute atomic E-state index is 12.2. The zero-order valence-corrected chi connectivity index (χ0v) is 13.8. The van der Waals surface area contributed by atoms with Gasteiger partial charge in [0.15, 0.2) is 0 Å². The lowest BCUT2D eigenvalue weighted by Gasteiger charge is -2.05. The van der Waals surface area contributed by atoms with Crippen molar-refractivity contribution in [3.8, 4) is 0 Å². The number of aryl methyl sites for hydroxylation is 2. The molecular weight excluding hydrogens is 340 g/mol. The molecular formula is C15H16BrClN2O. The number of aromatic nitrogens is 2. The van der Waals surface area contributed by atoms with Gasteiger partial charge in [-0.05, 0) is 47.5 Å². The summed E-state index contributed by atoms with van der Waals surface area (Å²) < 4.78 is 2.80. The van der Waals surface area contributed by atoms with E-state index < -0.39 is 0 Å². The minimum absolute atomic E-state index is 0.155. The Morgan fingerprint density at radius 1 is 1.40 bits per heavy atom. The average molecular weight is 356 g/mol. The first-order chi connectivity index (χ1) is 9.51. The molecule has 0 bridgehead atoms. The van der Waals surface area contributed by atoms with Crippen molar-refractivity contribution in [2.75, 3.05) is 0 Å². The predicted molar refractivity (Wildman–Crippen MR) is 84.2 cm³/mol. The number of Topliss-reactive ketones (excluding diaryl/α,β-unsaturated/α-hetero) is 1. The molecule has 0 amide bonds. The van der Waals surface area contributed by atoms with Crippen LogP contribution >= 0.6 is 27.5 Å². The number of carbonyl (C=O) groups excluding carboxylic acids is 1. The van der Waals surface area contributed by atoms with Crippen LogP contribution in [0.5, 0.6) is 0 Å². The van der Waals surface area contributed by atoms with Crippen molar-refractivity contribution in [1.82, 2.24) is 9.78 Å². The number of nitrogens with zero attached hydrogens (tertiary/aromatic N) is 2. The molecule has 1 aromatic carbocycles. The minimum Gasteiger partial charge on any atom is -0.299 e. The summed E-state index contributed by atoms with van der Waals surface area (Å²) in [5, 5.41) is 5.06. The fraction of sp³-hybridized carbons (Fsp3) is 0.333. The molecule has 2 aromatic rings. The zero-order chi connectivity index (χ0) is 14.7. The number of hydrogen-bond acceptors (Lipinski definition) is 2. The molecule has 20 heavy (non-hydrogen) atoms. The topological polar surface area (TPSA) is 34.9 Å². The monoisotopic (exact) mass is 354 g/mol. The van der Waals surface area contributed by atoms with Gasteiger partial charge in [-0.1, -0.05) is 23.7 Å². The van der Waals surface area contributed by atoms with Gasteiger partial charge in [-0.25, -0.2) is 0 Å². The van der Waals surface area contributed by atoms with Gasteiger partial charge >= 0.3 is 0 Å². The maximum Gasteiger partial charge on any atom is 0.143 e. The zero-order valence-electron chi connectivity index (χ0n) is 11.5. The molecule has 0 fully saturated rings. The largest absolute Gasteiger partial charge is 0.299 e. The minimum atomic E-state index is 0.155. The average Bonchev–Trinajstić information content (AvgIpc) is 2.66. The lowest BCUT2D eigenvalue weighted by Crippen LogP contribution is -2.12. The van der Waals surface area contributed by atoms with Gasteiger partial charge in [0.05, 0.1) is 15.9 Å². The molecule has 0 aliphatic rings. The number of rotatable bonds is 5. The Hall–Kier alpha value is -1.13. The summed E-state index contributed by atoms with van der Waals surface area (Å²) in [4.78, 5) is 12.2. The van der Waals surface area contributed by atoms with Crippen LogP contribution in [0.25, 0.3) is 0 Å². The van der Waals surface area contributed by atoms with Crippen molar-refractivity contribution in [3.63, 3.8) is 0 Å². The van der Waals surface area contributed by atoms with Crippen LogP contribution in [0.2, 0.25) is 5.02 Å². The fourth-order valence-electron chi connectivity index (χ4n) is 2.16. The van der Waals surface area contributed by atoms with Gasteiger partial charge in [0, 0.05) is 24.4 Å². The van der Waals surface area contributed by atoms with Gasteiger partial charge in [0.1, 0.15) is 5.78 Å². The Morgan fingerprint density at radius 2 is 2.15 bits per heavy atom. The van der Waals surface area contributed by atoms with Gasteiger partial charge in [-0.3, -0.25) is 9.48 Å². The lowest BCUT2D eigenvalue weighted by atomic mass is 10.1. The van der Waals surface area contributed by atoms with Crippen molar-refractivity contribution in [2.45, 2.75) is 33.2 Å². The van der Waals surface area contributed by atoms with E-state index in [0.717, 1.165) is 28.0 Å². The smallest absolute Gasteiger partial charge is 0.143 e. The molecule has 3 nitrogen and oxygen atoms in total. The fourth-order valence-corrected chi connectivity index (χ4v) is 2.80. The van der Waals surface area contributed by atoms with Crippen LogP contribution < -0.4 is 0 Å². The van der Waals surface area contributed by atoms with Gasteiger partial charge in [-0.2, -0.15) is 5.10 Å². The number of halogens is 2. The Morgan fingerprint density at radius 3 is 2.80 bits per heavy atom. The van der Waals surface area contributed by atoms with E-state index >= 15 is 0 Å². The number of carbonyl (C=O) groups is 1. The Kier molecular flexibility index (Phi) is 5.00. The first-order valence-electron chi connectivity index (χ1n) is 6.49. The van der Waals surface area contributed by atoms with E-state index in [9.17, 15) is 4.79 Å². The second-order valence-electron chi connectivity index (χ2n) is 4.68. The molecule has 0 saturated carbocycles. The molecule has 1 heterocycles. The Labute approximate surface area is 132 Å². The first-order valence-corrected chi connectivity index (χ1v) is 7.66. The van der Waals surface area contributed by atoms with Crippen molar-refractivity contribution in [2.24, 2.45) is 0 Å². The van der Waals surface area contributed by atoms with Crippen LogP contribution in [0.15, 0.2) is 28.7 Å². The molecule has 1 aromatic heterocycles. The molecule has 0 radical (unpaired) electrons. The molecule has 0 aliphatic heterocycles. The highest BCUT2D eigenvalue weighted by atomic mass is 79.9. The number of ketones is 1. The maximum atomic E-state index is 12.2. The first kappa shape index (κ1) is 15.3. The Bertz CT molecular complexity index is 637. The summed E-state index contributed by atoms with van der Waals surface area (Å²) in [6.45, 7) is 4.71. The van der Waals surface area contributed by atoms with Crippen molar-refractivity contribution in [1.29, 1.82) is 0 Å². The number of hydrogen-bond donors (Lipinski definition) is 0. The Balaban J connectivity index is 2.12. The van der Waals surface area contributed by atoms with E-state index in [2.05, 4.69) is 21.0 Å². The summed E-state index contributed by atoms with van der Waals surface area (Å²) in [6.07, 6.45) is 0.767.